The molecule has 2 rings (SSSR count). The first-order valence-corrected chi connectivity index (χ1v) is 7.45. The Balaban J connectivity index is 2.31. The molecule has 0 radical (unpaired) electrons. The van der Waals surface area contributed by atoms with Crippen LogP contribution in [-0.2, 0) is 10.0 Å². The summed E-state index contributed by atoms with van der Waals surface area (Å²) in [6.45, 7) is 1.75. The van der Waals surface area contributed by atoms with Crippen LogP contribution in [0.1, 0.15) is 24.2 Å². The molecule has 1 heterocycles. The van der Waals surface area contributed by atoms with Gasteiger partial charge in [0.25, 0.3) is 0 Å². The Hall–Kier alpha value is -2.23. The number of hydrogen-bond acceptors (Lipinski definition) is 4. The summed E-state index contributed by atoms with van der Waals surface area (Å²) < 4.78 is 27.1. The standard InChI is InChI=1S/C14H13N3O2S/c1-11(12-6-3-2-4-7-12)17-20(18,19)14-8-5-9-16-13(14)10-15/h2-9,11,17H,1H3. The van der Waals surface area contributed by atoms with Gasteiger partial charge in [-0.2, -0.15) is 5.26 Å². The molecule has 1 aromatic heterocycles. The first-order valence-electron chi connectivity index (χ1n) is 5.97. The lowest BCUT2D eigenvalue weighted by atomic mass is 10.1. The SMILES string of the molecule is CC(NS(=O)(=O)c1cccnc1C#N)c1ccccc1. The van der Waals surface area contributed by atoms with E-state index in [9.17, 15) is 8.42 Å². The van der Waals surface area contributed by atoms with Crippen LogP contribution in [0, 0.1) is 11.3 Å². The molecule has 0 amide bonds. The zero-order chi connectivity index (χ0) is 14.6. The van der Waals surface area contributed by atoms with Crippen molar-refractivity contribution in [2.75, 3.05) is 0 Å². The number of benzene rings is 1. The van der Waals surface area contributed by atoms with E-state index in [0.29, 0.717) is 0 Å². The molecule has 2 aromatic rings. The van der Waals surface area contributed by atoms with Crippen molar-refractivity contribution >= 4 is 10.0 Å². The van der Waals surface area contributed by atoms with Crippen molar-refractivity contribution in [3.63, 3.8) is 0 Å². The number of nitrogens with zero attached hydrogens (tertiary/aromatic N) is 2. The molecule has 5 nitrogen and oxygen atoms in total. The molecule has 0 saturated heterocycles. The maximum atomic E-state index is 12.3. The van der Waals surface area contributed by atoms with Gasteiger partial charge in [0, 0.05) is 12.2 Å². The highest BCUT2D eigenvalue weighted by molar-refractivity contribution is 7.89. The molecule has 102 valence electrons. The van der Waals surface area contributed by atoms with E-state index >= 15 is 0 Å². The van der Waals surface area contributed by atoms with Crippen molar-refractivity contribution in [1.29, 1.82) is 5.26 Å². The quantitative estimate of drug-likeness (QED) is 0.932. The van der Waals surface area contributed by atoms with Crippen molar-refractivity contribution in [3.05, 3.63) is 59.9 Å². The summed E-state index contributed by atoms with van der Waals surface area (Å²) in [6, 6.07) is 13.5. The summed E-state index contributed by atoms with van der Waals surface area (Å²) in [6.07, 6.45) is 1.39. The third kappa shape index (κ3) is 3.02. The molecule has 0 aliphatic carbocycles. The van der Waals surface area contributed by atoms with Gasteiger partial charge in [-0.1, -0.05) is 30.3 Å². The van der Waals surface area contributed by atoms with Crippen LogP contribution in [0.15, 0.2) is 53.6 Å². The van der Waals surface area contributed by atoms with E-state index in [0.717, 1.165) is 5.56 Å². The molecule has 0 saturated carbocycles. The largest absolute Gasteiger partial charge is 0.244 e. The van der Waals surface area contributed by atoms with E-state index in [1.165, 1.54) is 18.3 Å². The van der Waals surface area contributed by atoms with Crippen LogP contribution in [0.3, 0.4) is 0 Å². The second kappa shape index (κ2) is 5.82. The van der Waals surface area contributed by atoms with Gasteiger partial charge in [0.15, 0.2) is 5.69 Å². The molecule has 0 spiro atoms. The van der Waals surface area contributed by atoms with Crippen molar-refractivity contribution < 1.29 is 8.42 Å². The monoisotopic (exact) mass is 287 g/mol. The van der Waals surface area contributed by atoms with E-state index < -0.39 is 16.1 Å². The zero-order valence-corrected chi connectivity index (χ0v) is 11.6. The Labute approximate surface area is 118 Å². The number of nitriles is 1. The van der Waals surface area contributed by atoms with Gasteiger partial charge < -0.3 is 0 Å². The summed E-state index contributed by atoms with van der Waals surface area (Å²) >= 11 is 0. The fourth-order valence-corrected chi connectivity index (χ4v) is 3.14. The first-order chi connectivity index (χ1) is 9.54. The number of sulfonamides is 1. The molecular formula is C14H13N3O2S. The minimum absolute atomic E-state index is 0.106. The Kier molecular flexibility index (Phi) is 4.13. The maximum Gasteiger partial charge on any atom is 0.244 e. The molecule has 1 unspecified atom stereocenters. The minimum Gasteiger partial charge on any atom is -0.244 e. The predicted molar refractivity (Wildman–Crippen MR) is 74.1 cm³/mol. The molecule has 0 fully saturated rings. The molecule has 1 N–H and O–H groups in total. The lowest BCUT2D eigenvalue weighted by molar-refractivity contribution is 0.566. The van der Waals surface area contributed by atoms with Gasteiger partial charge in [-0.3, -0.25) is 0 Å². The second-order valence-corrected chi connectivity index (χ2v) is 5.90. The van der Waals surface area contributed by atoms with Crippen molar-refractivity contribution in [3.8, 4) is 6.07 Å². The van der Waals surface area contributed by atoms with Crippen molar-refractivity contribution in [2.24, 2.45) is 0 Å². The van der Waals surface area contributed by atoms with Crippen LogP contribution in [0.4, 0.5) is 0 Å². The van der Waals surface area contributed by atoms with Crippen LogP contribution in [0.5, 0.6) is 0 Å². The van der Waals surface area contributed by atoms with Gasteiger partial charge >= 0.3 is 0 Å². The highest BCUT2D eigenvalue weighted by atomic mass is 32.2. The Morgan fingerprint density at radius 2 is 1.90 bits per heavy atom. The van der Waals surface area contributed by atoms with Crippen molar-refractivity contribution in [1.82, 2.24) is 9.71 Å². The lowest BCUT2D eigenvalue weighted by Gasteiger charge is -2.14. The van der Waals surface area contributed by atoms with Gasteiger partial charge in [-0.15, -0.1) is 0 Å². The van der Waals surface area contributed by atoms with Gasteiger partial charge in [0.05, 0.1) is 0 Å². The van der Waals surface area contributed by atoms with E-state index in [4.69, 9.17) is 5.26 Å². The van der Waals surface area contributed by atoms with Crippen LogP contribution in [-0.4, -0.2) is 13.4 Å². The summed E-state index contributed by atoms with van der Waals surface area (Å²) in [7, 11) is -3.79. The maximum absolute atomic E-state index is 12.3. The fraction of sp³-hybridized carbons (Fsp3) is 0.143. The van der Waals surface area contributed by atoms with E-state index in [1.807, 2.05) is 30.3 Å². The van der Waals surface area contributed by atoms with E-state index in [-0.39, 0.29) is 10.6 Å². The number of nitrogens with one attached hydrogen (secondary N) is 1. The minimum atomic E-state index is -3.79. The summed E-state index contributed by atoms with van der Waals surface area (Å²) in [5, 5.41) is 8.93. The molecule has 1 atom stereocenters. The Morgan fingerprint density at radius 1 is 1.20 bits per heavy atom. The van der Waals surface area contributed by atoms with Gasteiger partial charge in [-0.05, 0) is 24.6 Å². The third-order valence-electron chi connectivity index (χ3n) is 2.80. The molecular weight excluding hydrogens is 274 g/mol. The molecule has 20 heavy (non-hydrogen) atoms. The van der Waals surface area contributed by atoms with Crippen LogP contribution in [0.2, 0.25) is 0 Å². The average molecular weight is 287 g/mol. The third-order valence-corrected chi connectivity index (χ3v) is 4.37. The zero-order valence-electron chi connectivity index (χ0n) is 10.8. The van der Waals surface area contributed by atoms with E-state index in [1.54, 1.807) is 13.0 Å². The topological polar surface area (TPSA) is 82.8 Å². The summed E-state index contributed by atoms with van der Waals surface area (Å²) in [4.78, 5) is 3.66. The highest BCUT2D eigenvalue weighted by Gasteiger charge is 2.22. The molecule has 1 aromatic carbocycles. The van der Waals surface area contributed by atoms with Gasteiger partial charge in [0.1, 0.15) is 11.0 Å². The van der Waals surface area contributed by atoms with Crippen LogP contribution in [0.25, 0.3) is 0 Å². The fourth-order valence-electron chi connectivity index (χ4n) is 1.80. The molecule has 0 aliphatic rings. The average Bonchev–Trinajstić information content (AvgIpc) is 2.47. The number of aromatic nitrogens is 1. The number of pyridine rings is 1. The highest BCUT2D eigenvalue weighted by Crippen LogP contribution is 2.18. The lowest BCUT2D eigenvalue weighted by Crippen LogP contribution is -2.27. The van der Waals surface area contributed by atoms with Crippen molar-refractivity contribution in [2.45, 2.75) is 17.9 Å². The predicted octanol–water partition coefficient (Wildman–Crippen LogP) is 1.99. The smallest absolute Gasteiger partial charge is 0.244 e. The summed E-state index contributed by atoms with van der Waals surface area (Å²) in [5.41, 5.74) is 0.735. The number of hydrogen-bond donors (Lipinski definition) is 1. The van der Waals surface area contributed by atoms with Gasteiger partial charge in [-0.25, -0.2) is 18.1 Å². The summed E-state index contributed by atoms with van der Waals surface area (Å²) in [5.74, 6) is 0. The number of rotatable bonds is 4. The van der Waals surface area contributed by atoms with Gasteiger partial charge in [0.2, 0.25) is 10.0 Å². The van der Waals surface area contributed by atoms with E-state index in [2.05, 4.69) is 9.71 Å². The van der Waals surface area contributed by atoms with Crippen LogP contribution < -0.4 is 4.72 Å². The second-order valence-electron chi connectivity index (χ2n) is 4.22. The van der Waals surface area contributed by atoms with Crippen LogP contribution >= 0.6 is 0 Å². The molecule has 0 aliphatic heterocycles. The Bertz CT molecular complexity index is 737. The Morgan fingerprint density at radius 3 is 2.55 bits per heavy atom. The first kappa shape index (κ1) is 14.2. The normalized spacial score (nSPS) is 12.6. The molecule has 0 bridgehead atoms. The molecule has 6 heteroatoms.